The van der Waals surface area contributed by atoms with Gasteiger partial charge in [-0.05, 0) is 206 Å². The predicted molar refractivity (Wildman–Crippen MR) is 330 cm³/mol. The summed E-state index contributed by atoms with van der Waals surface area (Å²) in [7, 11) is 0. The van der Waals surface area contributed by atoms with E-state index in [0.29, 0.717) is 60.8 Å². The number of benzene rings is 4. The van der Waals surface area contributed by atoms with Crippen LogP contribution < -0.4 is 19.1 Å². The van der Waals surface area contributed by atoms with Gasteiger partial charge < -0.3 is 42.5 Å². The van der Waals surface area contributed by atoms with Gasteiger partial charge in [-0.25, -0.2) is 24.3 Å². The van der Waals surface area contributed by atoms with Crippen molar-refractivity contribution in [1.29, 1.82) is 0 Å². The van der Waals surface area contributed by atoms with Crippen LogP contribution >= 0.6 is 11.3 Å². The molecule has 2 aliphatic rings. The summed E-state index contributed by atoms with van der Waals surface area (Å²) < 4.78 is 46.1. The molecule has 2 saturated carbocycles. The second kappa shape index (κ2) is 35.0. The predicted octanol–water partition coefficient (Wildman–Crippen LogP) is 15.0. The van der Waals surface area contributed by atoms with Gasteiger partial charge in [0.25, 0.3) is 0 Å². The number of esters is 4. The van der Waals surface area contributed by atoms with E-state index in [1.165, 1.54) is 11.3 Å². The molecule has 4 aromatic carbocycles. The standard InChI is InChI=1S/C68H83NO18S/c1-5-60(70)80-39-33-62(72)78-37-13-9-7-11-35-76-51-23-19-48(20-24-51)65(85-74)49-21-25-53(26-22-49)83-57-32-31-55(67-64(57)69-68(88-67)59-43-56-46(4)41-45(3)42-58(56)84-59)66(86-75)50-17-15-47(16-18-50)44-82-87-54-29-27-52(28-30-54)77-36-12-8-10-14-38-79-63(73)34-40-81-61(71)6-2/h5-6,19-20,23-24,27-32,41-43,47,49-50,53,65-66,74-75H,1-2,7-18,21-22,25-26,33-40,44H2,3-4H3. The zero-order valence-electron chi connectivity index (χ0n) is 50.5. The van der Waals surface area contributed by atoms with E-state index in [4.69, 9.17) is 62.1 Å². The second-order valence-corrected chi connectivity index (χ2v) is 23.6. The molecule has 2 atom stereocenters. The molecule has 2 N–H and O–H groups in total. The van der Waals surface area contributed by atoms with Crippen molar-refractivity contribution in [2.75, 3.05) is 46.2 Å². The van der Waals surface area contributed by atoms with Crippen molar-refractivity contribution in [2.45, 2.75) is 148 Å². The quantitative estimate of drug-likeness (QED) is 0.00921. The minimum absolute atomic E-state index is 0.0113. The van der Waals surface area contributed by atoms with Crippen LogP contribution in [0, 0.1) is 31.6 Å². The number of hydrogen-bond acceptors (Lipinski definition) is 20. The molecule has 20 heteroatoms. The van der Waals surface area contributed by atoms with Gasteiger partial charge in [0.15, 0.2) is 16.5 Å². The maximum absolute atomic E-state index is 11.8. The number of furan rings is 1. The Labute approximate surface area is 517 Å². The molecule has 0 saturated heterocycles. The summed E-state index contributed by atoms with van der Waals surface area (Å²) >= 11 is 1.50. The SMILES string of the molecule is C=CC(=O)OCCC(=O)OCCCCCCOc1ccc(OOCC2CCC(C(OO)c3ccc(OC4CCC(C(OO)c5ccc(OCCCCCCOC(=O)CCOC(=O)C=C)cc5)CC4)c4nc(-c5cc6c(C)cc(C)cc6o5)sc34)CC2)cc1. The average Bonchev–Trinajstić information content (AvgIpc) is 1.76. The molecule has 474 valence electrons. The zero-order valence-corrected chi connectivity index (χ0v) is 51.3. The van der Waals surface area contributed by atoms with Gasteiger partial charge in [-0.1, -0.05) is 37.4 Å². The minimum Gasteiger partial charge on any atom is -0.494 e. The van der Waals surface area contributed by atoms with Crippen molar-refractivity contribution in [1.82, 2.24) is 4.98 Å². The molecule has 19 nitrogen and oxygen atoms in total. The summed E-state index contributed by atoms with van der Waals surface area (Å²) in [6.45, 7) is 12.9. The zero-order chi connectivity index (χ0) is 62.0. The summed E-state index contributed by atoms with van der Waals surface area (Å²) in [4.78, 5) is 73.0. The molecule has 0 bridgehead atoms. The number of hydrogen-bond donors (Lipinski definition) is 2. The van der Waals surface area contributed by atoms with Crippen LogP contribution in [0.15, 0.2) is 109 Å². The fourth-order valence-corrected chi connectivity index (χ4v) is 12.4. The molecule has 2 unspecified atom stereocenters. The normalized spacial score (nSPS) is 17.4. The number of aryl methyl sites for hydroxylation is 2. The highest BCUT2D eigenvalue weighted by atomic mass is 32.1. The molecule has 0 aliphatic heterocycles. The monoisotopic (exact) mass is 1230 g/mol. The number of ether oxygens (including phenoxy) is 7. The topological polar surface area (TPSA) is 236 Å². The van der Waals surface area contributed by atoms with E-state index in [9.17, 15) is 29.7 Å². The van der Waals surface area contributed by atoms with Gasteiger partial charge in [-0.2, -0.15) is 4.89 Å². The van der Waals surface area contributed by atoms with Crippen molar-refractivity contribution in [3.63, 3.8) is 0 Å². The highest BCUT2D eigenvalue weighted by Crippen LogP contribution is 2.47. The molecule has 2 aliphatic carbocycles. The highest BCUT2D eigenvalue weighted by molar-refractivity contribution is 7.21. The van der Waals surface area contributed by atoms with E-state index < -0.39 is 36.1 Å². The second-order valence-electron chi connectivity index (χ2n) is 22.6. The van der Waals surface area contributed by atoms with Gasteiger partial charge in [-0.15, -0.1) is 11.3 Å². The maximum atomic E-state index is 11.8. The Kier molecular flexibility index (Phi) is 26.5. The van der Waals surface area contributed by atoms with Gasteiger partial charge in [0.05, 0.1) is 56.7 Å². The van der Waals surface area contributed by atoms with E-state index in [0.717, 1.165) is 164 Å². The van der Waals surface area contributed by atoms with E-state index >= 15 is 0 Å². The minimum atomic E-state index is -0.612. The van der Waals surface area contributed by atoms with Gasteiger partial charge in [0.1, 0.15) is 53.8 Å². The summed E-state index contributed by atoms with van der Waals surface area (Å²) in [6.07, 6.45) is 14.0. The molecule has 88 heavy (non-hydrogen) atoms. The summed E-state index contributed by atoms with van der Waals surface area (Å²) in [5, 5.41) is 22.7. The summed E-state index contributed by atoms with van der Waals surface area (Å²) in [5.41, 5.74) is 5.41. The fourth-order valence-electron chi connectivity index (χ4n) is 11.3. The Morgan fingerprint density at radius 2 is 1.17 bits per heavy atom. The number of aromatic nitrogens is 1. The van der Waals surface area contributed by atoms with E-state index in [1.807, 2.05) is 72.8 Å². The third-order valence-electron chi connectivity index (χ3n) is 16.1. The van der Waals surface area contributed by atoms with Crippen molar-refractivity contribution in [3.05, 3.63) is 126 Å². The number of fused-ring (bicyclic) bond motifs is 2. The first-order valence-corrected chi connectivity index (χ1v) is 31.6. The van der Waals surface area contributed by atoms with E-state index in [2.05, 4.69) is 33.1 Å². The molecule has 0 radical (unpaired) electrons. The number of rotatable bonds is 37. The summed E-state index contributed by atoms with van der Waals surface area (Å²) in [6, 6.07) is 25.2. The molecule has 6 aromatic rings. The number of thiazole rings is 1. The van der Waals surface area contributed by atoms with E-state index in [1.54, 1.807) is 0 Å². The number of nitrogens with zero attached hydrogens (tertiary/aromatic N) is 1. The Hall–Kier alpha value is -7.33. The Balaban J connectivity index is 0.788. The van der Waals surface area contributed by atoms with E-state index in [-0.39, 0.29) is 49.9 Å². The van der Waals surface area contributed by atoms with Crippen LogP contribution in [0.1, 0.15) is 150 Å². The smallest absolute Gasteiger partial charge is 0.330 e. The molecule has 0 spiro atoms. The largest absolute Gasteiger partial charge is 0.494 e. The molecule has 8 rings (SSSR count). The van der Waals surface area contributed by atoms with Crippen LogP contribution in [-0.2, 0) is 52.8 Å². The highest BCUT2D eigenvalue weighted by Gasteiger charge is 2.35. The first-order chi connectivity index (χ1) is 42.9. The van der Waals surface area contributed by atoms with Crippen molar-refractivity contribution < 1.29 is 86.8 Å². The molecular formula is C68H83NO18S. The lowest BCUT2D eigenvalue weighted by Crippen LogP contribution is -2.28. The number of carbonyl (C=O) groups excluding carboxylic acids is 4. The van der Waals surface area contributed by atoms with Crippen LogP contribution in [0.25, 0.3) is 32.0 Å². The number of carbonyl (C=O) groups is 4. The molecular weight excluding hydrogens is 1150 g/mol. The Morgan fingerprint density at radius 3 is 1.75 bits per heavy atom. The van der Waals surface area contributed by atoms with Crippen molar-refractivity contribution in [3.8, 4) is 33.8 Å². The van der Waals surface area contributed by atoms with Crippen LogP contribution in [0.2, 0.25) is 0 Å². The van der Waals surface area contributed by atoms with Crippen LogP contribution in [0.4, 0.5) is 0 Å². The van der Waals surface area contributed by atoms with Gasteiger partial charge in [-0.3, -0.25) is 20.1 Å². The first-order valence-electron chi connectivity index (χ1n) is 30.8. The molecule has 2 aromatic heterocycles. The first kappa shape index (κ1) is 66.6. The summed E-state index contributed by atoms with van der Waals surface area (Å²) in [5.74, 6) is 1.72. The van der Waals surface area contributed by atoms with Gasteiger partial charge >= 0.3 is 23.9 Å². The Bertz CT molecular complexity index is 3180. The lowest BCUT2D eigenvalue weighted by Gasteiger charge is -2.33. The fraction of sp³-hybridized carbons (Fsp3) is 0.485. The Morgan fingerprint density at radius 1 is 0.625 bits per heavy atom. The molecule has 0 amide bonds. The van der Waals surface area contributed by atoms with Gasteiger partial charge in [0, 0.05) is 23.1 Å². The van der Waals surface area contributed by atoms with Gasteiger partial charge in [0.2, 0.25) is 0 Å². The third kappa shape index (κ3) is 20.1. The molecule has 2 fully saturated rings. The lowest BCUT2D eigenvalue weighted by molar-refractivity contribution is -0.296. The number of unbranched alkanes of at least 4 members (excludes halogenated alkanes) is 6. The van der Waals surface area contributed by atoms with Crippen LogP contribution in [0.5, 0.6) is 23.0 Å². The van der Waals surface area contributed by atoms with Crippen LogP contribution in [-0.4, -0.2) is 91.7 Å². The van der Waals surface area contributed by atoms with Crippen molar-refractivity contribution in [2.24, 2.45) is 17.8 Å². The van der Waals surface area contributed by atoms with Crippen molar-refractivity contribution >= 4 is 56.4 Å². The maximum Gasteiger partial charge on any atom is 0.330 e. The molecule has 2 heterocycles. The van der Waals surface area contributed by atoms with Crippen LogP contribution in [0.3, 0.4) is 0 Å². The third-order valence-corrected chi connectivity index (χ3v) is 17.2. The average molecular weight is 1230 g/mol. The lowest BCUT2D eigenvalue weighted by atomic mass is 9.78.